The number of carbonyl (C=O) groups is 1. The van der Waals surface area contributed by atoms with Gasteiger partial charge in [-0.1, -0.05) is 12.5 Å². The standard InChI is InChI=1S/C23H30N8O/c32-22(17-4-1-5-17)26-11-3-10-25-21-20(16-8-9-16)13-27-23(30-21)29-18-6-2-7-19(12-18)31-15-24-14-28-31/h2,6-7,12-14,16-17H,1,3-5,8-11,15H2,(H,24,28)(H,26,32)(H2,25,27,29,30). The van der Waals surface area contributed by atoms with E-state index in [0.717, 1.165) is 43.0 Å². The molecule has 0 unspecified atom stereocenters. The minimum atomic E-state index is 0.210. The Bertz CT molecular complexity index is 978. The normalized spacial score (nSPS) is 17.6. The molecule has 9 nitrogen and oxygen atoms in total. The van der Waals surface area contributed by atoms with E-state index in [1.54, 1.807) is 6.34 Å². The van der Waals surface area contributed by atoms with Crippen LogP contribution in [0.15, 0.2) is 35.5 Å². The van der Waals surface area contributed by atoms with Gasteiger partial charge in [-0.2, -0.15) is 4.98 Å². The van der Waals surface area contributed by atoms with Gasteiger partial charge in [0.25, 0.3) is 0 Å². The number of anilines is 4. The summed E-state index contributed by atoms with van der Waals surface area (Å²) >= 11 is 0. The second-order valence-electron chi connectivity index (χ2n) is 8.66. The van der Waals surface area contributed by atoms with E-state index < -0.39 is 0 Å². The van der Waals surface area contributed by atoms with Crippen LogP contribution in [0.3, 0.4) is 0 Å². The Morgan fingerprint density at radius 3 is 2.84 bits per heavy atom. The predicted octanol–water partition coefficient (Wildman–Crippen LogP) is 3.13. The fourth-order valence-electron chi connectivity index (χ4n) is 3.92. The quantitative estimate of drug-likeness (QED) is 0.426. The van der Waals surface area contributed by atoms with Gasteiger partial charge >= 0.3 is 0 Å². The first-order valence-corrected chi connectivity index (χ1v) is 11.5. The molecule has 0 bridgehead atoms. The molecular weight excluding hydrogens is 404 g/mol. The molecule has 4 N–H and O–H groups in total. The molecule has 2 heterocycles. The van der Waals surface area contributed by atoms with Gasteiger partial charge in [-0.15, -0.1) is 0 Å². The SMILES string of the molecule is O=C(NCCCNc1nc(Nc2cccc(N3CN=CN3)c2)ncc1C1CC1)C1CCC1. The molecule has 32 heavy (non-hydrogen) atoms. The van der Waals surface area contributed by atoms with Gasteiger partial charge in [0.15, 0.2) is 0 Å². The molecule has 1 aromatic heterocycles. The summed E-state index contributed by atoms with van der Waals surface area (Å²) in [6.45, 7) is 2.04. The van der Waals surface area contributed by atoms with Crippen molar-refractivity contribution in [3.63, 3.8) is 0 Å². The predicted molar refractivity (Wildman–Crippen MR) is 126 cm³/mol. The van der Waals surface area contributed by atoms with E-state index in [0.29, 0.717) is 25.1 Å². The van der Waals surface area contributed by atoms with Gasteiger partial charge in [-0.05, 0) is 56.2 Å². The average Bonchev–Trinajstić information content (AvgIpc) is 3.45. The average molecular weight is 435 g/mol. The molecule has 0 radical (unpaired) electrons. The Balaban J connectivity index is 1.18. The Morgan fingerprint density at radius 2 is 2.09 bits per heavy atom. The van der Waals surface area contributed by atoms with Crippen LogP contribution in [0.4, 0.5) is 23.1 Å². The molecule has 1 aliphatic heterocycles. The largest absolute Gasteiger partial charge is 0.370 e. The molecule has 0 saturated heterocycles. The first kappa shape index (κ1) is 20.5. The van der Waals surface area contributed by atoms with Crippen LogP contribution in [0, 0.1) is 5.92 Å². The van der Waals surface area contributed by atoms with Crippen LogP contribution in [-0.2, 0) is 4.79 Å². The number of aromatic nitrogens is 2. The van der Waals surface area contributed by atoms with Crippen molar-refractivity contribution in [3.05, 3.63) is 36.0 Å². The lowest BCUT2D eigenvalue weighted by molar-refractivity contribution is -0.127. The maximum absolute atomic E-state index is 12.0. The minimum absolute atomic E-state index is 0.210. The minimum Gasteiger partial charge on any atom is -0.370 e. The number of rotatable bonds is 10. The summed E-state index contributed by atoms with van der Waals surface area (Å²) in [6.07, 6.45) is 10.1. The number of benzene rings is 1. The first-order valence-electron chi connectivity index (χ1n) is 11.5. The fraction of sp³-hybridized carbons (Fsp3) is 0.478. The summed E-state index contributed by atoms with van der Waals surface area (Å²) in [6, 6.07) is 8.06. The maximum Gasteiger partial charge on any atom is 0.229 e. The number of aliphatic imine (C=N–C) groups is 1. The lowest BCUT2D eigenvalue weighted by atomic mass is 9.85. The molecule has 1 amide bonds. The van der Waals surface area contributed by atoms with Crippen LogP contribution >= 0.6 is 0 Å². The van der Waals surface area contributed by atoms with E-state index in [1.165, 1.54) is 24.8 Å². The number of nitrogens with zero attached hydrogens (tertiary/aromatic N) is 4. The van der Waals surface area contributed by atoms with Crippen molar-refractivity contribution in [2.24, 2.45) is 10.9 Å². The molecule has 2 saturated carbocycles. The van der Waals surface area contributed by atoms with Crippen molar-refractivity contribution >= 4 is 35.4 Å². The van der Waals surface area contributed by atoms with E-state index in [4.69, 9.17) is 4.98 Å². The Kier molecular flexibility index (Phi) is 6.04. The first-order chi connectivity index (χ1) is 15.8. The van der Waals surface area contributed by atoms with Gasteiger partial charge in [0.1, 0.15) is 18.8 Å². The van der Waals surface area contributed by atoms with E-state index in [2.05, 4.69) is 31.4 Å². The molecule has 0 atom stereocenters. The molecule has 0 spiro atoms. The maximum atomic E-state index is 12.0. The summed E-state index contributed by atoms with van der Waals surface area (Å²) in [5.74, 6) is 2.46. The zero-order chi connectivity index (χ0) is 21.8. The lowest BCUT2D eigenvalue weighted by Gasteiger charge is -2.24. The van der Waals surface area contributed by atoms with Gasteiger partial charge in [0, 0.05) is 36.5 Å². The number of nitrogens with one attached hydrogen (secondary N) is 4. The summed E-state index contributed by atoms with van der Waals surface area (Å²) < 4.78 is 0. The molecule has 2 aliphatic carbocycles. The van der Waals surface area contributed by atoms with E-state index in [-0.39, 0.29) is 11.8 Å². The van der Waals surface area contributed by atoms with Crippen LogP contribution in [0.25, 0.3) is 0 Å². The second-order valence-corrected chi connectivity index (χ2v) is 8.66. The lowest BCUT2D eigenvalue weighted by Crippen LogP contribution is -2.35. The molecular formula is C23H30N8O. The second kappa shape index (κ2) is 9.42. The topological polar surface area (TPSA) is 107 Å². The molecule has 3 aliphatic rings. The van der Waals surface area contributed by atoms with Crippen LogP contribution in [0.5, 0.6) is 0 Å². The van der Waals surface area contributed by atoms with Crippen molar-refractivity contribution in [1.82, 2.24) is 20.7 Å². The van der Waals surface area contributed by atoms with Crippen molar-refractivity contribution in [1.29, 1.82) is 0 Å². The van der Waals surface area contributed by atoms with Crippen LogP contribution in [0.1, 0.15) is 50.0 Å². The number of hydrogen-bond acceptors (Lipinski definition) is 8. The highest BCUT2D eigenvalue weighted by Gasteiger charge is 2.28. The summed E-state index contributed by atoms with van der Waals surface area (Å²) in [4.78, 5) is 25.5. The van der Waals surface area contributed by atoms with Crippen LogP contribution in [0.2, 0.25) is 0 Å². The highest BCUT2D eigenvalue weighted by atomic mass is 16.1. The van der Waals surface area contributed by atoms with Gasteiger partial charge in [-0.3, -0.25) is 20.2 Å². The number of amides is 1. The molecule has 168 valence electrons. The van der Waals surface area contributed by atoms with Crippen LogP contribution < -0.4 is 26.4 Å². The molecule has 1 aromatic carbocycles. The Labute approximate surface area is 188 Å². The number of hydrazine groups is 1. The van der Waals surface area contributed by atoms with Crippen molar-refractivity contribution in [2.75, 3.05) is 35.4 Å². The van der Waals surface area contributed by atoms with E-state index in [1.807, 2.05) is 35.5 Å². The third kappa shape index (κ3) is 4.92. The molecule has 2 aromatic rings. The van der Waals surface area contributed by atoms with E-state index >= 15 is 0 Å². The van der Waals surface area contributed by atoms with Crippen molar-refractivity contribution in [3.8, 4) is 0 Å². The molecule has 5 rings (SSSR count). The zero-order valence-electron chi connectivity index (χ0n) is 18.2. The molecule has 9 heteroatoms. The van der Waals surface area contributed by atoms with Crippen molar-refractivity contribution in [2.45, 2.75) is 44.4 Å². The summed E-state index contributed by atoms with van der Waals surface area (Å²) in [5, 5.41) is 11.8. The van der Waals surface area contributed by atoms with Crippen LogP contribution in [-0.4, -0.2) is 42.0 Å². The highest BCUT2D eigenvalue weighted by Crippen LogP contribution is 2.42. The Hall–Kier alpha value is -3.36. The third-order valence-corrected chi connectivity index (χ3v) is 6.20. The third-order valence-electron chi connectivity index (χ3n) is 6.20. The van der Waals surface area contributed by atoms with Gasteiger partial charge < -0.3 is 16.0 Å². The highest BCUT2D eigenvalue weighted by molar-refractivity contribution is 5.79. The molecule has 2 fully saturated rings. The van der Waals surface area contributed by atoms with Gasteiger partial charge in [0.2, 0.25) is 11.9 Å². The zero-order valence-corrected chi connectivity index (χ0v) is 18.2. The summed E-state index contributed by atoms with van der Waals surface area (Å²) in [7, 11) is 0. The number of carbonyl (C=O) groups excluding carboxylic acids is 1. The van der Waals surface area contributed by atoms with Gasteiger partial charge in [0.05, 0.1) is 5.69 Å². The van der Waals surface area contributed by atoms with E-state index in [9.17, 15) is 4.79 Å². The smallest absolute Gasteiger partial charge is 0.229 e. The summed E-state index contributed by atoms with van der Waals surface area (Å²) in [5.41, 5.74) is 6.22. The van der Waals surface area contributed by atoms with Gasteiger partial charge in [-0.25, -0.2) is 4.98 Å². The number of hydrogen-bond donors (Lipinski definition) is 4. The van der Waals surface area contributed by atoms with Crippen molar-refractivity contribution < 1.29 is 4.79 Å². The Morgan fingerprint density at radius 1 is 1.19 bits per heavy atom. The fourth-order valence-corrected chi connectivity index (χ4v) is 3.92. The monoisotopic (exact) mass is 434 g/mol.